The molecule has 3 aromatic rings. The fraction of sp³-hybridized carbons (Fsp3) is 0.214. The molecule has 2 aliphatic rings. The zero-order chi connectivity index (χ0) is 25.6. The quantitative estimate of drug-likeness (QED) is 0.286. The Hall–Kier alpha value is -4.08. The minimum absolute atomic E-state index is 0. The Bertz CT molecular complexity index is 1370. The summed E-state index contributed by atoms with van der Waals surface area (Å²) in [6.07, 6.45) is 2.06. The van der Waals surface area contributed by atoms with Crippen LogP contribution in [-0.2, 0) is 0 Å². The first-order valence-electron chi connectivity index (χ1n) is 12.4. The number of carbonyl (C=O) groups is 2. The van der Waals surface area contributed by atoms with Crippen molar-refractivity contribution in [3.63, 3.8) is 0 Å². The van der Waals surface area contributed by atoms with Crippen molar-refractivity contribution >= 4 is 65.4 Å². The van der Waals surface area contributed by atoms with Gasteiger partial charge in [-0.2, -0.15) is 0 Å². The van der Waals surface area contributed by atoms with Crippen LogP contribution < -0.4 is 27.0 Å². The van der Waals surface area contributed by atoms with Crippen molar-refractivity contribution in [3.8, 4) is 0 Å². The molecule has 0 saturated carbocycles. The van der Waals surface area contributed by atoms with E-state index in [1.165, 1.54) is 6.07 Å². The molecule has 0 unspecified atom stereocenters. The zero-order valence-corrected chi connectivity index (χ0v) is 22.8. The van der Waals surface area contributed by atoms with Gasteiger partial charge in [-0.3, -0.25) is 19.6 Å². The monoisotopic (exact) mass is 567 g/mol. The second-order valence-electron chi connectivity index (χ2n) is 8.89. The number of aliphatic imine (C=N–C) groups is 2. The molecule has 6 N–H and O–H groups in total. The van der Waals surface area contributed by atoms with E-state index in [4.69, 9.17) is 5.73 Å². The summed E-state index contributed by atoms with van der Waals surface area (Å²) in [5.41, 5.74) is 10.3. The molecular weight excluding hydrogens is 537 g/mol. The SMILES string of the molecule is Cl.Cl.Nc1cc(C(=O)Nc2ccc(C3=NCCCN3)cc2)ccc1C(=O)Nc1ccc(C2=NCCCN2)cc1. The summed E-state index contributed by atoms with van der Waals surface area (Å²) in [4.78, 5) is 34.5. The number of carbonyl (C=O) groups excluding carboxylic acids is 2. The van der Waals surface area contributed by atoms with Gasteiger partial charge in [-0.05, 0) is 79.6 Å². The van der Waals surface area contributed by atoms with Crippen LogP contribution in [0.2, 0.25) is 0 Å². The number of rotatable bonds is 6. The summed E-state index contributed by atoms with van der Waals surface area (Å²) in [6.45, 7) is 3.45. The maximum atomic E-state index is 12.8. The van der Waals surface area contributed by atoms with Crippen molar-refractivity contribution in [2.75, 3.05) is 42.5 Å². The Kier molecular flexibility index (Phi) is 10.3. The number of benzene rings is 3. The van der Waals surface area contributed by atoms with Crippen LogP contribution in [0.15, 0.2) is 76.7 Å². The maximum Gasteiger partial charge on any atom is 0.257 e. The molecule has 2 amide bonds. The first-order valence-corrected chi connectivity index (χ1v) is 12.4. The van der Waals surface area contributed by atoms with E-state index in [0.29, 0.717) is 22.5 Å². The van der Waals surface area contributed by atoms with Crippen LogP contribution in [0.4, 0.5) is 17.1 Å². The lowest BCUT2D eigenvalue weighted by Crippen LogP contribution is -2.30. The fourth-order valence-corrected chi connectivity index (χ4v) is 4.19. The van der Waals surface area contributed by atoms with Gasteiger partial charge >= 0.3 is 0 Å². The van der Waals surface area contributed by atoms with Crippen LogP contribution in [0.3, 0.4) is 0 Å². The van der Waals surface area contributed by atoms with Crippen molar-refractivity contribution in [1.82, 2.24) is 10.6 Å². The van der Waals surface area contributed by atoms with Gasteiger partial charge in [0.15, 0.2) is 0 Å². The first-order chi connectivity index (χ1) is 18.1. The molecule has 0 aromatic heterocycles. The lowest BCUT2D eigenvalue weighted by Gasteiger charge is -2.15. The molecular formula is C28H31Cl2N7O2. The first kappa shape index (κ1) is 29.5. The molecule has 204 valence electrons. The van der Waals surface area contributed by atoms with Gasteiger partial charge < -0.3 is 27.0 Å². The number of nitrogens with one attached hydrogen (secondary N) is 4. The second kappa shape index (κ2) is 13.6. The minimum atomic E-state index is -0.347. The van der Waals surface area contributed by atoms with Crippen molar-refractivity contribution in [2.45, 2.75) is 12.8 Å². The summed E-state index contributed by atoms with van der Waals surface area (Å²) < 4.78 is 0. The average molecular weight is 569 g/mol. The van der Waals surface area contributed by atoms with E-state index >= 15 is 0 Å². The van der Waals surface area contributed by atoms with E-state index in [1.54, 1.807) is 12.1 Å². The van der Waals surface area contributed by atoms with Gasteiger partial charge in [0.2, 0.25) is 0 Å². The number of nitrogens with zero attached hydrogens (tertiary/aromatic N) is 2. The summed E-state index contributed by atoms with van der Waals surface area (Å²) in [5.74, 6) is 1.08. The van der Waals surface area contributed by atoms with Gasteiger partial charge in [0.05, 0.1) is 5.56 Å². The second-order valence-corrected chi connectivity index (χ2v) is 8.89. The molecule has 0 radical (unpaired) electrons. The van der Waals surface area contributed by atoms with E-state index in [1.807, 2.05) is 48.5 Å². The molecule has 0 atom stereocenters. The molecule has 0 fully saturated rings. The van der Waals surface area contributed by atoms with Crippen LogP contribution in [0, 0.1) is 0 Å². The molecule has 9 nitrogen and oxygen atoms in total. The molecule has 2 aliphatic heterocycles. The van der Waals surface area contributed by atoms with E-state index in [0.717, 1.165) is 61.8 Å². The third kappa shape index (κ3) is 7.28. The van der Waals surface area contributed by atoms with Crippen LogP contribution in [0.1, 0.15) is 44.7 Å². The number of anilines is 3. The summed E-state index contributed by atoms with van der Waals surface area (Å²) >= 11 is 0. The van der Waals surface area contributed by atoms with Gasteiger partial charge in [0.1, 0.15) is 11.7 Å². The van der Waals surface area contributed by atoms with Crippen LogP contribution >= 0.6 is 24.8 Å². The number of amides is 2. The van der Waals surface area contributed by atoms with Gasteiger partial charge in [0, 0.05) is 59.9 Å². The van der Waals surface area contributed by atoms with Crippen molar-refractivity contribution in [3.05, 3.63) is 89.0 Å². The molecule has 11 heteroatoms. The highest BCUT2D eigenvalue weighted by molar-refractivity contribution is 6.10. The predicted octanol–water partition coefficient (Wildman–Crippen LogP) is 4.10. The van der Waals surface area contributed by atoms with E-state index in [2.05, 4.69) is 31.3 Å². The summed E-state index contributed by atoms with van der Waals surface area (Å²) in [7, 11) is 0. The Labute approximate surface area is 239 Å². The largest absolute Gasteiger partial charge is 0.398 e. The van der Waals surface area contributed by atoms with E-state index in [9.17, 15) is 9.59 Å². The van der Waals surface area contributed by atoms with Crippen molar-refractivity contribution in [2.24, 2.45) is 9.98 Å². The number of hydrogen-bond acceptors (Lipinski definition) is 7. The highest BCUT2D eigenvalue weighted by Crippen LogP contribution is 2.19. The Balaban J connectivity index is 0.00000210. The third-order valence-corrected chi connectivity index (χ3v) is 6.19. The highest BCUT2D eigenvalue weighted by Gasteiger charge is 2.15. The lowest BCUT2D eigenvalue weighted by atomic mass is 10.1. The van der Waals surface area contributed by atoms with E-state index in [-0.39, 0.29) is 42.3 Å². The fourth-order valence-electron chi connectivity index (χ4n) is 4.19. The summed E-state index contributed by atoms with van der Waals surface area (Å²) in [6, 6.07) is 19.6. The maximum absolute atomic E-state index is 12.8. The Morgan fingerprint density at radius 1 is 0.692 bits per heavy atom. The van der Waals surface area contributed by atoms with Crippen LogP contribution in [-0.4, -0.2) is 49.7 Å². The van der Waals surface area contributed by atoms with E-state index < -0.39 is 0 Å². The predicted molar refractivity (Wildman–Crippen MR) is 162 cm³/mol. The van der Waals surface area contributed by atoms with Gasteiger partial charge in [-0.15, -0.1) is 24.8 Å². The lowest BCUT2D eigenvalue weighted by molar-refractivity contribution is 0.101. The number of nitrogens with two attached hydrogens (primary N) is 1. The highest BCUT2D eigenvalue weighted by atomic mass is 35.5. The normalized spacial score (nSPS) is 14.2. The Morgan fingerprint density at radius 2 is 1.18 bits per heavy atom. The number of hydrogen-bond donors (Lipinski definition) is 5. The minimum Gasteiger partial charge on any atom is -0.398 e. The van der Waals surface area contributed by atoms with Crippen molar-refractivity contribution in [1.29, 1.82) is 0 Å². The number of halogens is 2. The molecule has 39 heavy (non-hydrogen) atoms. The molecule has 5 rings (SSSR count). The van der Waals surface area contributed by atoms with Crippen molar-refractivity contribution < 1.29 is 9.59 Å². The Morgan fingerprint density at radius 3 is 1.62 bits per heavy atom. The molecule has 0 spiro atoms. The number of amidine groups is 2. The van der Waals surface area contributed by atoms with Gasteiger partial charge in [-0.1, -0.05) is 0 Å². The zero-order valence-electron chi connectivity index (χ0n) is 21.2. The van der Waals surface area contributed by atoms with Gasteiger partial charge in [-0.25, -0.2) is 0 Å². The van der Waals surface area contributed by atoms with Crippen LogP contribution in [0.5, 0.6) is 0 Å². The molecule has 0 saturated heterocycles. The number of nitrogen functional groups attached to an aromatic ring is 1. The molecule has 2 heterocycles. The third-order valence-electron chi connectivity index (χ3n) is 6.19. The average Bonchev–Trinajstić information content (AvgIpc) is 2.94. The van der Waals surface area contributed by atoms with Crippen LogP contribution in [0.25, 0.3) is 0 Å². The molecule has 0 aliphatic carbocycles. The smallest absolute Gasteiger partial charge is 0.257 e. The van der Waals surface area contributed by atoms with Gasteiger partial charge in [0.25, 0.3) is 11.8 Å². The standard InChI is InChI=1S/C28H29N7O2.2ClH/c29-24-17-20(27(36)34-21-8-3-18(4-9-21)25-30-13-1-14-31-25)7-12-23(24)28(37)35-22-10-5-19(6-11-22)26-32-15-2-16-33-26;;/h3-12,17H,1-2,13-16,29H2,(H,30,31)(H,32,33)(H,34,36)(H,35,37);2*1H. The topological polar surface area (TPSA) is 133 Å². The molecule has 0 bridgehead atoms. The molecule has 3 aromatic carbocycles. The summed E-state index contributed by atoms with van der Waals surface area (Å²) in [5, 5.41) is 12.3.